The lowest BCUT2D eigenvalue weighted by Crippen LogP contribution is -2.48. The molecule has 0 radical (unpaired) electrons. The molecule has 0 aromatic heterocycles. The summed E-state index contributed by atoms with van der Waals surface area (Å²) < 4.78 is 37.7. The first kappa shape index (κ1) is 12.6. The maximum absolute atomic E-state index is 12.6. The number of nitrogens with zero attached hydrogens (tertiary/aromatic N) is 1. The van der Waals surface area contributed by atoms with E-state index >= 15 is 0 Å². The van der Waals surface area contributed by atoms with Crippen molar-refractivity contribution in [2.45, 2.75) is 24.6 Å². The SMILES string of the molecule is O=C([C@@H]1CCNC1)N1CC[C@](O)(C(F)(F)F)C1. The molecule has 98 valence electrons. The maximum atomic E-state index is 12.6. The van der Waals surface area contributed by atoms with Crippen molar-refractivity contribution in [1.29, 1.82) is 0 Å². The number of halogens is 3. The van der Waals surface area contributed by atoms with E-state index < -0.39 is 24.7 Å². The van der Waals surface area contributed by atoms with Gasteiger partial charge in [-0.25, -0.2) is 0 Å². The van der Waals surface area contributed by atoms with Crippen molar-refractivity contribution in [3.8, 4) is 0 Å². The second kappa shape index (κ2) is 4.13. The van der Waals surface area contributed by atoms with Crippen LogP contribution in [0.1, 0.15) is 12.8 Å². The molecule has 2 rings (SSSR count). The van der Waals surface area contributed by atoms with E-state index in [1.807, 2.05) is 0 Å². The van der Waals surface area contributed by atoms with E-state index in [-0.39, 0.29) is 18.4 Å². The molecule has 7 heteroatoms. The van der Waals surface area contributed by atoms with Gasteiger partial charge in [0.2, 0.25) is 5.91 Å². The molecule has 0 saturated carbocycles. The van der Waals surface area contributed by atoms with Gasteiger partial charge in [-0.1, -0.05) is 0 Å². The summed E-state index contributed by atoms with van der Waals surface area (Å²) in [5.74, 6) is -0.527. The smallest absolute Gasteiger partial charge is 0.379 e. The second-order valence-electron chi connectivity index (χ2n) is 4.73. The van der Waals surface area contributed by atoms with Gasteiger partial charge in [-0.3, -0.25) is 4.79 Å². The number of hydrogen-bond acceptors (Lipinski definition) is 3. The lowest BCUT2D eigenvalue weighted by Gasteiger charge is -2.26. The largest absolute Gasteiger partial charge is 0.419 e. The van der Waals surface area contributed by atoms with E-state index in [9.17, 15) is 23.1 Å². The molecule has 0 aromatic rings. The van der Waals surface area contributed by atoms with Crippen molar-refractivity contribution in [2.75, 3.05) is 26.2 Å². The van der Waals surface area contributed by atoms with Gasteiger partial charge in [-0.05, 0) is 13.0 Å². The minimum atomic E-state index is -4.67. The summed E-state index contributed by atoms with van der Waals surface area (Å²) in [6.07, 6.45) is -4.45. The van der Waals surface area contributed by atoms with E-state index in [0.717, 1.165) is 4.90 Å². The van der Waals surface area contributed by atoms with Crippen molar-refractivity contribution in [3.63, 3.8) is 0 Å². The first-order valence-electron chi connectivity index (χ1n) is 5.62. The van der Waals surface area contributed by atoms with Crippen molar-refractivity contribution < 1.29 is 23.1 Å². The molecule has 2 aliphatic heterocycles. The summed E-state index contributed by atoms with van der Waals surface area (Å²) in [4.78, 5) is 13.0. The molecule has 0 unspecified atom stereocenters. The van der Waals surface area contributed by atoms with Gasteiger partial charge in [0.05, 0.1) is 12.5 Å². The lowest BCUT2D eigenvalue weighted by atomic mass is 10.0. The highest BCUT2D eigenvalue weighted by Crippen LogP contribution is 2.38. The highest BCUT2D eigenvalue weighted by atomic mass is 19.4. The monoisotopic (exact) mass is 252 g/mol. The highest BCUT2D eigenvalue weighted by Gasteiger charge is 2.58. The number of β-amino-alcohol motifs (C(OH)–C–C–N with tert-alkyl or cyclic N) is 1. The molecule has 17 heavy (non-hydrogen) atoms. The molecule has 1 amide bonds. The molecule has 0 bridgehead atoms. The first-order valence-corrected chi connectivity index (χ1v) is 5.62. The van der Waals surface area contributed by atoms with Crippen LogP contribution in [0, 0.1) is 5.92 Å². The number of carbonyl (C=O) groups is 1. The van der Waals surface area contributed by atoms with Crippen LogP contribution in [0.4, 0.5) is 13.2 Å². The Morgan fingerprint density at radius 2 is 2.18 bits per heavy atom. The van der Waals surface area contributed by atoms with Crippen LogP contribution in [-0.4, -0.2) is 53.9 Å². The third-order valence-electron chi connectivity index (χ3n) is 3.50. The number of nitrogens with one attached hydrogen (secondary N) is 1. The van der Waals surface area contributed by atoms with E-state index in [1.165, 1.54) is 0 Å². The number of aliphatic hydroxyl groups is 1. The standard InChI is InChI=1S/C10H15F3N2O2/c11-10(12,13)9(17)2-4-15(6-9)8(16)7-1-3-14-5-7/h7,14,17H,1-6H2/t7-,9-/m1/s1. The molecule has 2 fully saturated rings. The number of carbonyl (C=O) groups excluding carboxylic acids is 1. The van der Waals surface area contributed by atoms with Gasteiger partial charge in [0.25, 0.3) is 0 Å². The average Bonchev–Trinajstić information content (AvgIpc) is 2.84. The second-order valence-corrected chi connectivity index (χ2v) is 4.73. The Hall–Kier alpha value is -0.820. The van der Waals surface area contributed by atoms with Crippen molar-refractivity contribution in [2.24, 2.45) is 5.92 Å². The molecule has 2 N–H and O–H groups in total. The molecule has 2 saturated heterocycles. The quantitative estimate of drug-likeness (QED) is 0.697. The Kier molecular flexibility index (Phi) is 3.07. The minimum Gasteiger partial charge on any atom is -0.379 e. The Morgan fingerprint density at radius 1 is 1.47 bits per heavy atom. The zero-order valence-electron chi connectivity index (χ0n) is 9.26. The van der Waals surface area contributed by atoms with Crippen LogP contribution >= 0.6 is 0 Å². The molecule has 0 aliphatic carbocycles. The fourth-order valence-electron chi connectivity index (χ4n) is 2.34. The summed E-state index contributed by atoms with van der Waals surface area (Å²) in [6.45, 7) is 0.574. The summed E-state index contributed by atoms with van der Waals surface area (Å²) in [7, 11) is 0. The van der Waals surface area contributed by atoms with Crippen LogP contribution in [0.5, 0.6) is 0 Å². The van der Waals surface area contributed by atoms with Gasteiger partial charge < -0.3 is 15.3 Å². The molecule has 2 heterocycles. The molecule has 2 aliphatic rings. The Bertz CT molecular complexity index is 315. The van der Waals surface area contributed by atoms with Crippen LogP contribution in [0.25, 0.3) is 0 Å². The zero-order chi connectivity index (χ0) is 12.7. The van der Waals surface area contributed by atoms with Crippen LogP contribution in [-0.2, 0) is 4.79 Å². The molecule has 0 aromatic carbocycles. The topological polar surface area (TPSA) is 52.6 Å². The number of alkyl halides is 3. The number of hydrogen-bond donors (Lipinski definition) is 2. The zero-order valence-corrected chi connectivity index (χ0v) is 9.26. The Labute approximate surface area is 96.8 Å². The van der Waals surface area contributed by atoms with Crippen LogP contribution in [0.15, 0.2) is 0 Å². The normalized spacial score (nSPS) is 34.4. The van der Waals surface area contributed by atoms with Crippen molar-refractivity contribution in [1.82, 2.24) is 10.2 Å². The van der Waals surface area contributed by atoms with Gasteiger partial charge in [-0.2, -0.15) is 13.2 Å². The molecule has 0 spiro atoms. The predicted octanol–water partition coefficient (Wildman–Crippen LogP) is 0.122. The van der Waals surface area contributed by atoms with E-state index in [0.29, 0.717) is 19.5 Å². The fourth-order valence-corrected chi connectivity index (χ4v) is 2.34. The van der Waals surface area contributed by atoms with Gasteiger partial charge >= 0.3 is 6.18 Å². The van der Waals surface area contributed by atoms with Gasteiger partial charge in [0.1, 0.15) is 0 Å². The fraction of sp³-hybridized carbons (Fsp3) is 0.900. The Balaban J connectivity index is 2.00. The summed E-state index contributed by atoms with van der Waals surface area (Å²) in [5, 5.41) is 12.5. The minimum absolute atomic E-state index is 0.0225. The first-order chi connectivity index (χ1) is 7.83. The van der Waals surface area contributed by atoms with Crippen molar-refractivity contribution >= 4 is 5.91 Å². The van der Waals surface area contributed by atoms with Crippen LogP contribution in [0.3, 0.4) is 0 Å². The maximum Gasteiger partial charge on any atom is 0.419 e. The third kappa shape index (κ3) is 2.26. The van der Waals surface area contributed by atoms with Gasteiger partial charge in [0, 0.05) is 19.5 Å². The lowest BCUT2D eigenvalue weighted by molar-refractivity contribution is -0.253. The summed E-state index contributed by atoms with van der Waals surface area (Å²) in [6, 6.07) is 0. The Morgan fingerprint density at radius 3 is 2.65 bits per heavy atom. The molecule has 4 nitrogen and oxygen atoms in total. The van der Waals surface area contributed by atoms with E-state index in [4.69, 9.17) is 0 Å². The van der Waals surface area contributed by atoms with Crippen molar-refractivity contribution in [3.05, 3.63) is 0 Å². The molecule has 2 atom stereocenters. The van der Waals surface area contributed by atoms with Crippen LogP contribution < -0.4 is 5.32 Å². The van der Waals surface area contributed by atoms with Gasteiger partial charge in [-0.15, -0.1) is 0 Å². The predicted molar refractivity (Wildman–Crippen MR) is 53.2 cm³/mol. The number of rotatable bonds is 1. The molecular weight excluding hydrogens is 237 g/mol. The third-order valence-corrected chi connectivity index (χ3v) is 3.50. The van der Waals surface area contributed by atoms with E-state index in [2.05, 4.69) is 5.32 Å². The van der Waals surface area contributed by atoms with Gasteiger partial charge in [0.15, 0.2) is 5.60 Å². The summed E-state index contributed by atoms with van der Waals surface area (Å²) in [5.41, 5.74) is -2.73. The summed E-state index contributed by atoms with van der Waals surface area (Å²) >= 11 is 0. The highest BCUT2D eigenvalue weighted by molar-refractivity contribution is 5.79. The van der Waals surface area contributed by atoms with Crippen LogP contribution in [0.2, 0.25) is 0 Å². The average molecular weight is 252 g/mol. The van der Waals surface area contributed by atoms with E-state index in [1.54, 1.807) is 0 Å². The number of amides is 1. The number of likely N-dealkylation sites (tertiary alicyclic amines) is 1. The molecular formula is C10H15F3N2O2.